The van der Waals surface area contributed by atoms with Crippen LogP contribution in [-0.2, 0) is 11.4 Å². The van der Waals surface area contributed by atoms with Crippen molar-refractivity contribution in [3.63, 3.8) is 0 Å². The van der Waals surface area contributed by atoms with E-state index in [0.29, 0.717) is 42.1 Å². The van der Waals surface area contributed by atoms with Gasteiger partial charge in [-0.3, -0.25) is 9.59 Å². The van der Waals surface area contributed by atoms with E-state index >= 15 is 0 Å². The number of hydrogen-bond donors (Lipinski definition) is 3. The molecule has 3 rings (SSSR count). The lowest BCUT2D eigenvalue weighted by atomic mass is 9.85. The van der Waals surface area contributed by atoms with Gasteiger partial charge >= 0.3 is 0 Å². The van der Waals surface area contributed by atoms with Crippen LogP contribution in [0.15, 0.2) is 35.3 Å². The Kier molecular flexibility index (Phi) is 7.60. The minimum atomic E-state index is -1.36. The fourth-order valence-corrected chi connectivity index (χ4v) is 4.87. The number of nitrogens with one attached hydrogen (secondary N) is 2. The molecular weight excluding hydrogens is 450 g/mol. The lowest BCUT2D eigenvalue weighted by molar-refractivity contribution is 0.0673. The van der Waals surface area contributed by atoms with E-state index < -0.39 is 16.1 Å². The molecule has 2 aromatic rings. The second kappa shape index (κ2) is 9.87. The number of halogens is 1. The molecule has 0 spiro atoms. The SMILES string of the molecule is Cc1cc(O)c(C(N[S@@+]([O-])C(C)(C)C)C2CCN(C(=O)c3ccc(=O)[nH]c3)CC2)cc1Cl. The van der Waals surface area contributed by atoms with E-state index in [1.54, 1.807) is 17.0 Å². The topological polar surface area (TPSA) is 108 Å². The van der Waals surface area contributed by atoms with Crippen molar-refractivity contribution in [1.29, 1.82) is 0 Å². The Bertz CT molecular complexity index is 1010. The Hall–Kier alpha value is -2.00. The smallest absolute Gasteiger partial charge is 0.255 e. The number of phenols is 1. The summed E-state index contributed by atoms with van der Waals surface area (Å²) < 4.78 is 15.7. The lowest BCUT2D eigenvalue weighted by Crippen LogP contribution is -2.46. The maximum absolute atomic E-state index is 12.9. The molecule has 0 aliphatic carbocycles. The number of benzene rings is 1. The summed E-state index contributed by atoms with van der Waals surface area (Å²) in [6.07, 6.45) is 2.76. The molecule has 2 heterocycles. The van der Waals surface area contributed by atoms with Gasteiger partial charge in [0.05, 0.1) is 11.6 Å². The second-order valence-corrected chi connectivity index (χ2v) is 11.6. The van der Waals surface area contributed by atoms with Gasteiger partial charge in [0.25, 0.3) is 5.91 Å². The van der Waals surface area contributed by atoms with Crippen molar-refractivity contribution in [1.82, 2.24) is 14.6 Å². The molecule has 1 saturated heterocycles. The Morgan fingerprint density at radius 1 is 1.31 bits per heavy atom. The Morgan fingerprint density at radius 3 is 2.53 bits per heavy atom. The first kappa shape index (κ1) is 24.6. The van der Waals surface area contributed by atoms with Gasteiger partial charge < -0.3 is 19.5 Å². The normalized spacial score (nSPS) is 17.2. The quantitative estimate of drug-likeness (QED) is 0.567. The minimum absolute atomic E-state index is 0.0469. The number of hydrogen-bond acceptors (Lipinski definition) is 5. The largest absolute Gasteiger partial charge is 0.598 e. The maximum atomic E-state index is 12.9. The molecule has 1 aliphatic rings. The van der Waals surface area contributed by atoms with Gasteiger partial charge in [0.15, 0.2) is 0 Å². The monoisotopic (exact) mass is 479 g/mol. The van der Waals surface area contributed by atoms with Crippen molar-refractivity contribution in [3.8, 4) is 5.75 Å². The van der Waals surface area contributed by atoms with Crippen molar-refractivity contribution < 1.29 is 14.5 Å². The van der Waals surface area contributed by atoms with E-state index in [9.17, 15) is 19.2 Å². The summed E-state index contributed by atoms with van der Waals surface area (Å²) in [7, 11) is 0. The van der Waals surface area contributed by atoms with Crippen molar-refractivity contribution in [2.75, 3.05) is 13.1 Å². The van der Waals surface area contributed by atoms with E-state index in [4.69, 9.17) is 11.6 Å². The van der Waals surface area contributed by atoms with E-state index in [1.165, 1.54) is 18.3 Å². The van der Waals surface area contributed by atoms with Crippen LogP contribution in [0.4, 0.5) is 0 Å². The van der Waals surface area contributed by atoms with Crippen LogP contribution in [0.2, 0.25) is 5.02 Å². The number of aryl methyl sites for hydroxylation is 1. The van der Waals surface area contributed by atoms with Gasteiger partial charge in [-0.1, -0.05) is 11.6 Å². The highest BCUT2D eigenvalue weighted by atomic mass is 35.5. The molecule has 3 N–H and O–H groups in total. The third-order valence-electron chi connectivity index (χ3n) is 5.76. The molecule has 174 valence electrons. The van der Waals surface area contributed by atoms with Gasteiger partial charge in [0.1, 0.15) is 10.5 Å². The summed E-state index contributed by atoms with van der Waals surface area (Å²) in [4.78, 5) is 28.3. The zero-order chi connectivity index (χ0) is 23.6. The molecule has 1 unspecified atom stereocenters. The number of likely N-dealkylation sites (tertiary alicyclic amines) is 1. The molecule has 32 heavy (non-hydrogen) atoms. The summed E-state index contributed by atoms with van der Waals surface area (Å²) in [6, 6.07) is 5.85. The molecule has 1 aromatic heterocycles. The highest BCUT2D eigenvalue weighted by molar-refractivity contribution is 7.90. The maximum Gasteiger partial charge on any atom is 0.255 e. The Labute approximate surface area is 196 Å². The summed E-state index contributed by atoms with van der Waals surface area (Å²) in [5.41, 5.74) is 1.57. The molecule has 7 nitrogen and oxygen atoms in total. The van der Waals surface area contributed by atoms with Crippen LogP contribution in [0.1, 0.15) is 61.1 Å². The molecule has 1 aromatic carbocycles. The minimum Gasteiger partial charge on any atom is -0.598 e. The number of amides is 1. The number of carbonyl (C=O) groups excluding carboxylic acids is 1. The number of H-pyrrole nitrogens is 1. The van der Waals surface area contributed by atoms with E-state index in [-0.39, 0.29) is 29.2 Å². The highest BCUT2D eigenvalue weighted by Gasteiger charge is 2.37. The number of phenolic OH excluding ortho intramolecular Hbond substituents is 1. The first-order valence-electron chi connectivity index (χ1n) is 10.6. The van der Waals surface area contributed by atoms with Crippen molar-refractivity contribution in [2.45, 2.75) is 51.3 Å². The predicted molar refractivity (Wildman–Crippen MR) is 127 cm³/mol. The highest BCUT2D eigenvalue weighted by Crippen LogP contribution is 2.39. The summed E-state index contributed by atoms with van der Waals surface area (Å²) in [5.74, 6) is 0.0244. The van der Waals surface area contributed by atoms with Crippen molar-refractivity contribution in [2.24, 2.45) is 5.92 Å². The van der Waals surface area contributed by atoms with E-state index in [0.717, 1.165) is 5.56 Å². The standard InChI is InChI=1S/C23H30ClN3O4S/c1-14-11-19(28)17(12-18(14)24)21(26-32(31)23(2,3)4)15-7-9-27(10-8-15)22(30)16-5-6-20(29)25-13-16/h5-6,11-13,15,21,26,28H,7-10H2,1-4H3,(H,25,29)/t21?,32-/m0/s1. The zero-order valence-corrected chi connectivity index (χ0v) is 20.3. The van der Waals surface area contributed by atoms with Gasteiger partial charge in [-0.15, -0.1) is 4.72 Å². The average molecular weight is 480 g/mol. The molecule has 0 bridgehead atoms. The summed E-state index contributed by atoms with van der Waals surface area (Å²) >= 11 is 4.99. The molecular formula is C23H30ClN3O4S. The molecule has 1 amide bonds. The summed E-state index contributed by atoms with van der Waals surface area (Å²) in [5, 5.41) is 11.2. The molecule has 0 radical (unpaired) electrons. The van der Waals surface area contributed by atoms with Crippen LogP contribution in [0, 0.1) is 12.8 Å². The van der Waals surface area contributed by atoms with Gasteiger partial charge in [-0.25, -0.2) is 0 Å². The molecule has 1 fully saturated rings. The summed E-state index contributed by atoms with van der Waals surface area (Å²) in [6.45, 7) is 8.52. The molecule has 9 heteroatoms. The number of aromatic amines is 1. The van der Waals surface area contributed by atoms with Gasteiger partial charge in [-0.2, -0.15) is 0 Å². The average Bonchev–Trinajstić information content (AvgIpc) is 2.74. The number of aromatic nitrogens is 1. The van der Waals surface area contributed by atoms with Crippen LogP contribution in [0.5, 0.6) is 5.75 Å². The fraction of sp³-hybridized carbons (Fsp3) is 0.478. The third kappa shape index (κ3) is 5.67. The van der Waals surface area contributed by atoms with Gasteiger partial charge in [-0.05, 0) is 70.2 Å². The number of aromatic hydroxyl groups is 1. The molecule has 2 atom stereocenters. The van der Waals surface area contributed by atoms with Crippen LogP contribution in [0.25, 0.3) is 0 Å². The number of pyridine rings is 1. The molecule has 0 saturated carbocycles. The number of piperidine rings is 1. The van der Waals surface area contributed by atoms with Crippen LogP contribution in [0.3, 0.4) is 0 Å². The van der Waals surface area contributed by atoms with Gasteiger partial charge in [0.2, 0.25) is 5.56 Å². The Balaban J connectivity index is 1.80. The molecule has 1 aliphatic heterocycles. The predicted octanol–water partition coefficient (Wildman–Crippen LogP) is 3.69. The fourth-order valence-electron chi connectivity index (χ4n) is 3.80. The first-order chi connectivity index (χ1) is 15.0. The lowest BCUT2D eigenvalue weighted by Gasteiger charge is -2.38. The van der Waals surface area contributed by atoms with Gasteiger partial charge in [0, 0.05) is 47.3 Å². The first-order valence-corrected chi connectivity index (χ1v) is 12.1. The second-order valence-electron chi connectivity index (χ2n) is 9.21. The number of carbonyl (C=O) groups is 1. The van der Waals surface area contributed by atoms with E-state index in [1.807, 2.05) is 27.7 Å². The van der Waals surface area contributed by atoms with Crippen molar-refractivity contribution in [3.05, 3.63) is 62.5 Å². The van der Waals surface area contributed by atoms with Crippen LogP contribution < -0.4 is 10.3 Å². The Morgan fingerprint density at radius 2 is 1.97 bits per heavy atom. The number of nitrogens with zero attached hydrogens (tertiary/aromatic N) is 1. The van der Waals surface area contributed by atoms with Crippen LogP contribution >= 0.6 is 11.6 Å². The third-order valence-corrected chi connectivity index (χ3v) is 7.75. The van der Waals surface area contributed by atoms with Crippen molar-refractivity contribution >= 4 is 28.9 Å². The zero-order valence-electron chi connectivity index (χ0n) is 18.8. The van der Waals surface area contributed by atoms with Crippen LogP contribution in [-0.4, -0.2) is 43.3 Å². The van der Waals surface area contributed by atoms with E-state index in [2.05, 4.69) is 9.71 Å². The number of rotatable bonds is 5.